The molecular weight excluding hydrogens is 238 g/mol. The molecule has 1 atom stereocenters. The summed E-state index contributed by atoms with van der Waals surface area (Å²) in [6.45, 7) is 4.93. The summed E-state index contributed by atoms with van der Waals surface area (Å²) in [5.74, 6) is -0.888. The Bertz CT molecular complexity index is 378. The molecule has 5 heteroatoms. The lowest BCUT2D eigenvalue weighted by Crippen LogP contribution is -2.41. The van der Waals surface area contributed by atoms with E-state index in [2.05, 4.69) is 19.2 Å². The van der Waals surface area contributed by atoms with Gasteiger partial charge in [-0.2, -0.15) is 0 Å². The monoisotopic (exact) mass is 257 g/mol. The van der Waals surface area contributed by atoms with Gasteiger partial charge in [0.25, 0.3) is 0 Å². The molecular formula is C12H19NO3S. The SMILES string of the molecule is CCC(C)(CCO)NCc1cc(C(=O)O)cs1. The molecule has 96 valence electrons. The molecule has 1 heterocycles. The van der Waals surface area contributed by atoms with Crippen molar-refractivity contribution < 1.29 is 15.0 Å². The molecule has 0 aromatic carbocycles. The van der Waals surface area contributed by atoms with E-state index in [9.17, 15) is 4.79 Å². The van der Waals surface area contributed by atoms with Crippen LogP contribution in [-0.2, 0) is 6.54 Å². The van der Waals surface area contributed by atoms with Gasteiger partial charge in [-0.1, -0.05) is 6.92 Å². The molecule has 0 saturated carbocycles. The third-order valence-corrected chi connectivity index (χ3v) is 3.97. The van der Waals surface area contributed by atoms with Crippen molar-refractivity contribution in [3.63, 3.8) is 0 Å². The molecule has 0 saturated heterocycles. The van der Waals surface area contributed by atoms with Crippen molar-refractivity contribution in [2.45, 2.75) is 38.8 Å². The molecule has 1 aromatic heterocycles. The van der Waals surface area contributed by atoms with Gasteiger partial charge in [-0.15, -0.1) is 11.3 Å². The van der Waals surface area contributed by atoms with Crippen LogP contribution in [0.15, 0.2) is 11.4 Å². The fraction of sp³-hybridized carbons (Fsp3) is 0.583. The number of nitrogens with one attached hydrogen (secondary N) is 1. The van der Waals surface area contributed by atoms with Crippen LogP contribution in [0.1, 0.15) is 41.9 Å². The lowest BCUT2D eigenvalue weighted by molar-refractivity contribution is 0.0697. The van der Waals surface area contributed by atoms with E-state index in [4.69, 9.17) is 10.2 Å². The third-order valence-electron chi connectivity index (χ3n) is 3.03. The van der Waals surface area contributed by atoms with Gasteiger partial charge in [0.2, 0.25) is 0 Å². The fourth-order valence-electron chi connectivity index (χ4n) is 1.52. The zero-order valence-electron chi connectivity index (χ0n) is 10.2. The van der Waals surface area contributed by atoms with Crippen LogP contribution in [-0.4, -0.2) is 28.3 Å². The van der Waals surface area contributed by atoms with Gasteiger partial charge < -0.3 is 15.5 Å². The Morgan fingerprint density at radius 2 is 2.29 bits per heavy atom. The summed E-state index contributed by atoms with van der Waals surface area (Å²) in [6, 6.07) is 1.69. The Morgan fingerprint density at radius 3 is 2.76 bits per heavy atom. The minimum Gasteiger partial charge on any atom is -0.478 e. The second-order valence-corrected chi connectivity index (χ2v) is 5.34. The molecule has 4 nitrogen and oxygen atoms in total. The maximum absolute atomic E-state index is 10.7. The first-order valence-electron chi connectivity index (χ1n) is 5.67. The van der Waals surface area contributed by atoms with Crippen molar-refractivity contribution in [3.8, 4) is 0 Å². The number of carboxylic acid groups (broad SMARTS) is 1. The second kappa shape index (κ2) is 6.14. The molecule has 0 amide bonds. The summed E-state index contributed by atoms with van der Waals surface area (Å²) in [6.07, 6.45) is 1.62. The van der Waals surface area contributed by atoms with Crippen molar-refractivity contribution in [1.29, 1.82) is 0 Å². The van der Waals surface area contributed by atoms with Crippen molar-refractivity contribution >= 4 is 17.3 Å². The van der Waals surface area contributed by atoms with Crippen molar-refractivity contribution in [2.24, 2.45) is 0 Å². The minimum atomic E-state index is -0.888. The van der Waals surface area contributed by atoms with Gasteiger partial charge in [0, 0.05) is 28.9 Å². The molecule has 0 aliphatic heterocycles. The van der Waals surface area contributed by atoms with E-state index in [1.165, 1.54) is 11.3 Å². The topological polar surface area (TPSA) is 69.6 Å². The molecule has 1 rings (SSSR count). The fourth-order valence-corrected chi connectivity index (χ4v) is 2.32. The average molecular weight is 257 g/mol. The number of aliphatic hydroxyl groups is 1. The van der Waals surface area contributed by atoms with Gasteiger partial charge in [0.15, 0.2) is 0 Å². The van der Waals surface area contributed by atoms with E-state index in [-0.39, 0.29) is 12.1 Å². The molecule has 1 unspecified atom stereocenters. The van der Waals surface area contributed by atoms with Gasteiger partial charge in [0.1, 0.15) is 0 Å². The van der Waals surface area contributed by atoms with Crippen LogP contribution < -0.4 is 5.32 Å². The Morgan fingerprint density at radius 1 is 1.59 bits per heavy atom. The zero-order valence-corrected chi connectivity index (χ0v) is 11.0. The highest BCUT2D eigenvalue weighted by Crippen LogP contribution is 2.18. The maximum atomic E-state index is 10.7. The van der Waals surface area contributed by atoms with Gasteiger partial charge in [0.05, 0.1) is 5.56 Å². The van der Waals surface area contributed by atoms with E-state index in [1.54, 1.807) is 11.4 Å². The van der Waals surface area contributed by atoms with Gasteiger partial charge in [-0.25, -0.2) is 4.79 Å². The first kappa shape index (κ1) is 14.2. The zero-order chi connectivity index (χ0) is 12.9. The molecule has 0 aliphatic carbocycles. The van der Waals surface area contributed by atoms with Crippen LogP contribution in [0.3, 0.4) is 0 Å². The minimum absolute atomic E-state index is 0.0951. The largest absolute Gasteiger partial charge is 0.478 e. The summed E-state index contributed by atoms with van der Waals surface area (Å²) in [5.41, 5.74) is 0.245. The van der Waals surface area contributed by atoms with Crippen LogP contribution in [0, 0.1) is 0 Å². The number of carboxylic acids is 1. The van der Waals surface area contributed by atoms with Crippen LogP contribution in [0.4, 0.5) is 0 Å². The van der Waals surface area contributed by atoms with Gasteiger partial charge in [-0.05, 0) is 25.8 Å². The molecule has 0 spiro atoms. The van der Waals surface area contributed by atoms with Crippen LogP contribution >= 0.6 is 11.3 Å². The Hall–Kier alpha value is -0.910. The molecule has 0 radical (unpaired) electrons. The number of hydrogen-bond donors (Lipinski definition) is 3. The van der Waals surface area contributed by atoms with Gasteiger partial charge >= 0.3 is 5.97 Å². The highest BCUT2D eigenvalue weighted by atomic mass is 32.1. The lowest BCUT2D eigenvalue weighted by Gasteiger charge is -2.28. The summed E-state index contributed by atoms with van der Waals surface area (Å²) in [5, 5.41) is 22.8. The van der Waals surface area contributed by atoms with Crippen molar-refractivity contribution in [1.82, 2.24) is 5.32 Å². The van der Waals surface area contributed by atoms with Crippen LogP contribution in [0.25, 0.3) is 0 Å². The Kier molecular flexibility index (Phi) is 5.11. The number of rotatable bonds is 7. The number of aliphatic hydroxyl groups excluding tert-OH is 1. The van der Waals surface area contributed by atoms with Crippen LogP contribution in [0.2, 0.25) is 0 Å². The first-order chi connectivity index (χ1) is 8.00. The molecule has 0 bridgehead atoms. The summed E-state index contributed by atoms with van der Waals surface area (Å²) in [4.78, 5) is 11.7. The Labute approximate surface area is 105 Å². The van der Waals surface area contributed by atoms with E-state index < -0.39 is 5.97 Å². The van der Waals surface area contributed by atoms with E-state index in [0.717, 1.165) is 11.3 Å². The van der Waals surface area contributed by atoms with Crippen LogP contribution in [0.5, 0.6) is 0 Å². The molecule has 1 aromatic rings. The number of carbonyl (C=O) groups is 1. The van der Waals surface area contributed by atoms with Crippen molar-refractivity contribution in [2.75, 3.05) is 6.61 Å². The first-order valence-corrected chi connectivity index (χ1v) is 6.55. The smallest absolute Gasteiger partial charge is 0.336 e. The molecule has 17 heavy (non-hydrogen) atoms. The molecule has 0 aliphatic rings. The second-order valence-electron chi connectivity index (χ2n) is 4.35. The summed E-state index contributed by atoms with van der Waals surface area (Å²) >= 11 is 1.44. The normalized spacial score (nSPS) is 14.5. The number of thiophene rings is 1. The Balaban J connectivity index is 2.56. The number of hydrogen-bond acceptors (Lipinski definition) is 4. The van der Waals surface area contributed by atoms with E-state index in [1.807, 2.05) is 0 Å². The van der Waals surface area contributed by atoms with Gasteiger partial charge in [-0.3, -0.25) is 0 Å². The molecule has 3 N–H and O–H groups in total. The standard InChI is InChI=1S/C12H19NO3S/c1-3-12(2,4-5-14)13-7-10-6-9(8-17-10)11(15)16/h6,8,13-14H,3-5,7H2,1-2H3,(H,15,16). The predicted molar refractivity (Wildman–Crippen MR) is 68.5 cm³/mol. The summed E-state index contributed by atoms with van der Waals surface area (Å²) in [7, 11) is 0. The predicted octanol–water partition coefficient (Wildman–Crippen LogP) is 2.09. The maximum Gasteiger partial charge on any atom is 0.336 e. The average Bonchev–Trinajstić information content (AvgIpc) is 2.76. The summed E-state index contributed by atoms with van der Waals surface area (Å²) < 4.78 is 0. The van der Waals surface area contributed by atoms with E-state index >= 15 is 0 Å². The lowest BCUT2D eigenvalue weighted by atomic mass is 9.95. The van der Waals surface area contributed by atoms with Crippen molar-refractivity contribution in [3.05, 3.63) is 21.9 Å². The third kappa shape index (κ3) is 4.11. The van der Waals surface area contributed by atoms with E-state index in [0.29, 0.717) is 18.5 Å². The number of aromatic carboxylic acids is 1. The quantitative estimate of drug-likeness (QED) is 0.699. The highest BCUT2D eigenvalue weighted by Gasteiger charge is 2.20. The molecule has 0 fully saturated rings. The highest BCUT2D eigenvalue weighted by molar-refractivity contribution is 7.10.